The number of ether oxygens (including phenoxy) is 1. The van der Waals surface area contributed by atoms with Crippen LogP contribution in [0.25, 0.3) is 0 Å². The number of rotatable bonds is 3. The summed E-state index contributed by atoms with van der Waals surface area (Å²) in [5, 5.41) is 7.91. The number of aromatic nitrogens is 3. The van der Waals surface area contributed by atoms with Crippen molar-refractivity contribution in [3.63, 3.8) is 0 Å². The molecule has 4 rings (SSSR count). The molecule has 1 N–H and O–H groups in total. The topological polar surface area (TPSA) is 55.2 Å². The molecule has 6 heteroatoms. The van der Waals surface area contributed by atoms with Crippen molar-refractivity contribution in [1.82, 2.24) is 25.0 Å². The van der Waals surface area contributed by atoms with E-state index in [1.807, 2.05) is 19.2 Å². The number of nitrogens with zero attached hydrogens (tertiary/aromatic N) is 4. The summed E-state index contributed by atoms with van der Waals surface area (Å²) >= 11 is 0. The molecule has 2 aromatic rings. The van der Waals surface area contributed by atoms with Crippen LogP contribution in [-0.2, 0) is 24.4 Å². The highest BCUT2D eigenvalue weighted by Gasteiger charge is 2.27. The van der Waals surface area contributed by atoms with E-state index < -0.39 is 0 Å². The number of nitrogens with one attached hydrogen (secondary N) is 1. The third-order valence-electron chi connectivity index (χ3n) is 4.47. The second kappa shape index (κ2) is 5.70. The van der Waals surface area contributed by atoms with E-state index in [1.54, 1.807) is 6.26 Å². The number of hydrogen-bond donors (Lipinski definition) is 1. The standard InChI is InChI=1S/C17H21N5O/c1-12-4-3-5-14(19-12)10-21-7-8-22-15(11-21)13(2)16(20-22)17-18-6-9-23-17/h3-6,9,17-18H,7-8,10-11H2,1-2H3. The molecule has 0 amide bonds. The second-order valence-electron chi connectivity index (χ2n) is 6.15. The molecule has 0 aliphatic carbocycles. The summed E-state index contributed by atoms with van der Waals surface area (Å²) in [5.41, 5.74) is 5.67. The van der Waals surface area contributed by atoms with Crippen molar-refractivity contribution in [2.75, 3.05) is 6.54 Å². The molecule has 1 atom stereocenters. The first-order chi connectivity index (χ1) is 11.2. The fourth-order valence-corrected chi connectivity index (χ4v) is 3.25. The van der Waals surface area contributed by atoms with Gasteiger partial charge in [-0.15, -0.1) is 0 Å². The Kier molecular flexibility index (Phi) is 3.53. The van der Waals surface area contributed by atoms with E-state index in [4.69, 9.17) is 9.84 Å². The molecule has 6 nitrogen and oxygen atoms in total. The Balaban J connectivity index is 1.52. The summed E-state index contributed by atoms with van der Waals surface area (Å²) in [7, 11) is 0. The predicted octanol–water partition coefficient (Wildman–Crippen LogP) is 2.00. The van der Waals surface area contributed by atoms with Gasteiger partial charge in [-0.2, -0.15) is 5.10 Å². The summed E-state index contributed by atoms with van der Waals surface area (Å²) in [6.07, 6.45) is 3.34. The van der Waals surface area contributed by atoms with Gasteiger partial charge in [-0.05, 0) is 26.0 Å². The fraction of sp³-hybridized carbons (Fsp3) is 0.412. The SMILES string of the molecule is Cc1cccc(CN2CCn3nc(C4NC=CO4)c(C)c3C2)n1. The van der Waals surface area contributed by atoms with Gasteiger partial charge in [0, 0.05) is 37.1 Å². The molecule has 4 heterocycles. The zero-order valence-corrected chi connectivity index (χ0v) is 13.5. The third-order valence-corrected chi connectivity index (χ3v) is 4.47. The van der Waals surface area contributed by atoms with Crippen molar-refractivity contribution in [3.8, 4) is 0 Å². The van der Waals surface area contributed by atoms with Gasteiger partial charge in [0.05, 0.1) is 17.9 Å². The van der Waals surface area contributed by atoms with Gasteiger partial charge in [-0.3, -0.25) is 14.6 Å². The van der Waals surface area contributed by atoms with Gasteiger partial charge < -0.3 is 10.1 Å². The molecule has 0 aromatic carbocycles. The van der Waals surface area contributed by atoms with E-state index in [-0.39, 0.29) is 6.23 Å². The lowest BCUT2D eigenvalue weighted by Gasteiger charge is -2.27. The molecule has 2 aromatic heterocycles. The van der Waals surface area contributed by atoms with Crippen LogP contribution in [0.2, 0.25) is 0 Å². The van der Waals surface area contributed by atoms with Gasteiger partial charge in [0.25, 0.3) is 0 Å². The van der Waals surface area contributed by atoms with Crippen molar-refractivity contribution < 1.29 is 4.74 Å². The van der Waals surface area contributed by atoms with E-state index in [1.165, 1.54) is 11.3 Å². The van der Waals surface area contributed by atoms with Crippen LogP contribution >= 0.6 is 0 Å². The van der Waals surface area contributed by atoms with Gasteiger partial charge in [0.1, 0.15) is 12.0 Å². The number of hydrogen-bond acceptors (Lipinski definition) is 5. The molecule has 0 saturated heterocycles. The van der Waals surface area contributed by atoms with E-state index >= 15 is 0 Å². The summed E-state index contributed by atoms with van der Waals surface area (Å²) < 4.78 is 7.66. The molecule has 0 saturated carbocycles. The van der Waals surface area contributed by atoms with Crippen LogP contribution in [0.4, 0.5) is 0 Å². The Morgan fingerprint density at radius 1 is 1.30 bits per heavy atom. The molecule has 1 unspecified atom stereocenters. The van der Waals surface area contributed by atoms with Crippen molar-refractivity contribution >= 4 is 0 Å². The first kappa shape index (κ1) is 14.3. The Bertz CT molecular complexity index is 743. The maximum atomic E-state index is 5.54. The van der Waals surface area contributed by atoms with Gasteiger partial charge in [0.2, 0.25) is 6.23 Å². The molecule has 0 fully saturated rings. The van der Waals surface area contributed by atoms with Crippen molar-refractivity contribution in [1.29, 1.82) is 0 Å². The minimum Gasteiger partial charge on any atom is -0.471 e. The van der Waals surface area contributed by atoms with Crippen molar-refractivity contribution in [3.05, 3.63) is 59.0 Å². The average Bonchev–Trinajstić information content (AvgIpc) is 3.16. The predicted molar refractivity (Wildman–Crippen MR) is 86.2 cm³/mol. The van der Waals surface area contributed by atoms with Crippen molar-refractivity contribution in [2.45, 2.75) is 39.7 Å². The second-order valence-corrected chi connectivity index (χ2v) is 6.15. The fourth-order valence-electron chi connectivity index (χ4n) is 3.25. The summed E-state index contributed by atoms with van der Waals surface area (Å²) in [5.74, 6) is 0. The third kappa shape index (κ3) is 2.70. The Morgan fingerprint density at radius 3 is 3.00 bits per heavy atom. The highest BCUT2D eigenvalue weighted by Crippen LogP contribution is 2.26. The molecular formula is C17H21N5O. The first-order valence-electron chi connectivity index (χ1n) is 7.98. The molecule has 120 valence electrons. The lowest BCUT2D eigenvalue weighted by atomic mass is 10.1. The number of pyridine rings is 1. The molecule has 23 heavy (non-hydrogen) atoms. The van der Waals surface area contributed by atoms with Crippen LogP contribution in [0.5, 0.6) is 0 Å². The summed E-state index contributed by atoms with van der Waals surface area (Å²) in [6, 6.07) is 6.21. The number of aryl methyl sites for hydroxylation is 1. The maximum Gasteiger partial charge on any atom is 0.214 e. The van der Waals surface area contributed by atoms with Crippen LogP contribution in [0.15, 0.2) is 30.7 Å². The quantitative estimate of drug-likeness (QED) is 0.939. The molecule has 0 spiro atoms. The van der Waals surface area contributed by atoms with E-state index in [0.29, 0.717) is 0 Å². The lowest BCUT2D eigenvalue weighted by molar-refractivity contribution is 0.148. The van der Waals surface area contributed by atoms with E-state index in [9.17, 15) is 0 Å². The normalized spacial score (nSPS) is 20.2. The zero-order valence-electron chi connectivity index (χ0n) is 13.5. The summed E-state index contributed by atoms with van der Waals surface area (Å²) in [6.45, 7) is 7.83. The van der Waals surface area contributed by atoms with E-state index in [2.05, 4.69) is 38.9 Å². The Morgan fingerprint density at radius 2 is 2.22 bits per heavy atom. The monoisotopic (exact) mass is 311 g/mol. The average molecular weight is 311 g/mol. The minimum atomic E-state index is -0.153. The van der Waals surface area contributed by atoms with Gasteiger partial charge >= 0.3 is 0 Å². The Hall–Kier alpha value is -2.34. The molecule has 0 bridgehead atoms. The van der Waals surface area contributed by atoms with Crippen LogP contribution in [0, 0.1) is 13.8 Å². The lowest BCUT2D eigenvalue weighted by Crippen LogP contribution is -2.34. The first-order valence-corrected chi connectivity index (χ1v) is 7.98. The van der Waals surface area contributed by atoms with Crippen molar-refractivity contribution in [2.24, 2.45) is 0 Å². The van der Waals surface area contributed by atoms with E-state index in [0.717, 1.165) is 43.3 Å². The summed E-state index contributed by atoms with van der Waals surface area (Å²) in [4.78, 5) is 7.04. The van der Waals surface area contributed by atoms with Gasteiger partial charge in [-0.1, -0.05) is 6.07 Å². The van der Waals surface area contributed by atoms with Crippen LogP contribution in [0.1, 0.15) is 34.6 Å². The minimum absolute atomic E-state index is 0.153. The van der Waals surface area contributed by atoms with Gasteiger partial charge in [-0.25, -0.2) is 0 Å². The highest BCUT2D eigenvalue weighted by atomic mass is 16.5. The smallest absolute Gasteiger partial charge is 0.214 e. The molecular weight excluding hydrogens is 290 g/mol. The maximum absolute atomic E-state index is 5.54. The highest BCUT2D eigenvalue weighted by molar-refractivity contribution is 5.28. The molecule has 0 radical (unpaired) electrons. The zero-order chi connectivity index (χ0) is 15.8. The van der Waals surface area contributed by atoms with Gasteiger partial charge in [0.15, 0.2) is 0 Å². The molecule has 2 aliphatic heterocycles. The number of fused-ring (bicyclic) bond motifs is 1. The van der Waals surface area contributed by atoms with Crippen LogP contribution in [0.3, 0.4) is 0 Å². The molecule has 2 aliphatic rings. The van der Waals surface area contributed by atoms with Crippen LogP contribution < -0.4 is 5.32 Å². The van der Waals surface area contributed by atoms with Crippen LogP contribution in [-0.4, -0.2) is 26.2 Å². The Labute approximate surface area is 135 Å². The largest absolute Gasteiger partial charge is 0.471 e.